The minimum Gasteiger partial charge on any atom is -0.493 e. The zero-order valence-corrected chi connectivity index (χ0v) is 14.8. The highest BCUT2D eigenvalue weighted by Gasteiger charge is 2.17. The van der Waals surface area contributed by atoms with E-state index in [0.717, 1.165) is 28.1 Å². The maximum Gasteiger partial charge on any atom is 0.127 e. The summed E-state index contributed by atoms with van der Waals surface area (Å²) in [5.41, 5.74) is 1.14. The zero-order chi connectivity index (χ0) is 16.9. The van der Waals surface area contributed by atoms with E-state index >= 15 is 0 Å². The van der Waals surface area contributed by atoms with Gasteiger partial charge in [-0.05, 0) is 37.2 Å². The van der Waals surface area contributed by atoms with Crippen molar-refractivity contribution in [2.45, 2.75) is 12.5 Å². The van der Waals surface area contributed by atoms with E-state index in [-0.39, 0.29) is 6.04 Å². The summed E-state index contributed by atoms with van der Waals surface area (Å²) in [5, 5.41) is 3.16. The number of nitrogens with zero attached hydrogens (tertiary/aromatic N) is 1. The van der Waals surface area contributed by atoms with Crippen molar-refractivity contribution in [1.82, 2.24) is 4.90 Å². The minimum atomic E-state index is 0.230. The Morgan fingerprint density at radius 3 is 2.42 bits per heavy atom. The van der Waals surface area contributed by atoms with Gasteiger partial charge in [0.15, 0.2) is 0 Å². The minimum absolute atomic E-state index is 0.230. The van der Waals surface area contributed by atoms with Gasteiger partial charge in [-0.25, -0.2) is 0 Å². The highest BCUT2D eigenvalue weighted by atomic mass is 35.5. The first-order valence-corrected chi connectivity index (χ1v) is 8.56. The Labute approximate surface area is 148 Å². The number of fused-ring (bicyclic) bond motifs is 1. The van der Waals surface area contributed by atoms with Crippen molar-refractivity contribution in [1.29, 1.82) is 0 Å². The first-order chi connectivity index (χ1) is 11.7. The quantitative estimate of drug-likeness (QED) is 0.582. The van der Waals surface area contributed by atoms with Crippen LogP contribution in [0.5, 0.6) is 5.75 Å². The third-order valence-corrected chi connectivity index (χ3v) is 4.63. The van der Waals surface area contributed by atoms with Crippen LogP contribution >= 0.6 is 11.6 Å². The Kier molecular flexibility index (Phi) is 5.39. The highest BCUT2D eigenvalue weighted by molar-refractivity contribution is 6.31. The van der Waals surface area contributed by atoms with E-state index < -0.39 is 0 Å². The molecule has 0 saturated heterocycles. The molecule has 0 N–H and O–H groups in total. The van der Waals surface area contributed by atoms with Crippen molar-refractivity contribution >= 4 is 22.4 Å². The summed E-state index contributed by atoms with van der Waals surface area (Å²) in [6, 6.07) is 22.7. The van der Waals surface area contributed by atoms with E-state index in [9.17, 15) is 0 Å². The van der Waals surface area contributed by atoms with Gasteiger partial charge in [0.25, 0.3) is 0 Å². The van der Waals surface area contributed by atoms with E-state index in [1.54, 1.807) is 0 Å². The van der Waals surface area contributed by atoms with Gasteiger partial charge in [0, 0.05) is 22.9 Å². The fourth-order valence-electron chi connectivity index (χ4n) is 3.04. The summed E-state index contributed by atoms with van der Waals surface area (Å²) in [6.07, 6.45) is 0.875. The predicted octanol–water partition coefficient (Wildman–Crippen LogP) is 5.57. The molecule has 0 aromatic heterocycles. The summed E-state index contributed by atoms with van der Waals surface area (Å²) in [7, 11) is 4.15. The van der Waals surface area contributed by atoms with Gasteiger partial charge in [-0.3, -0.25) is 0 Å². The normalized spacial score (nSPS) is 12.5. The van der Waals surface area contributed by atoms with E-state index in [1.807, 2.05) is 42.5 Å². The molecule has 0 bridgehead atoms. The third kappa shape index (κ3) is 3.72. The molecule has 0 amide bonds. The second-order valence-electron chi connectivity index (χ2n) is 6.12. The first-order valence-electron chi connectivity index (χ1n) is 8.18. The summed E-state index contributed by atoms with van der Waals surface area (Å²) in [4.78, 5) is 2.19. The van der Waals surface area contributed by atoms with Crippen molar-refractivity contribution in [3.05, 3.63) is 77.3 Å². The molecule has 24 heavy (non-hydrogen) atoms. The molecule has 1 atom stereocenters. The summed E-state index contributed by atoms with van der Waals surface area (Å²) < 4.78 is 6.09. The molecule has 0 spiro atoms. The lowest BCUT2D eigenvalue weighted by Gasteiger charge is -2.25. The molecule has 3 aromatic carbocycles. The van der Waals surface area contributed by atoms with Gasteiger partial charge in [-0.1, -0.05) is 66.2 Å². The Morgan fingerprint density at radius 2 is 1.62 bits per heavy atom. The van der Waals surface area contributed by atoms with Crippen LogP contribution in [0.15, 0.2) is 66.7 Å². The number of hydrogen-bond acceptors (Lipinski definition) is 2. The van der Waals surface area contributed by atoms with Gasteiger partial charge in [0.05, 0.1) is 6.61 Å². The zero-order valence-electron chi connectivity index (χ0n) is 14.1. The summed E-state index contributed by atoms with van der Waals surface area (Å²) in [5.74, 6) is 0.935. The number of ether oxygens (including phenoxy) is 1. The summed E-state index contributed by atoms with van der Waals surface area (Å²) in [6.45, 7) is 0.641. The van der Waals surface area contributed by atoms with Crippen LogP contribution in [0.2, 0.25) is 5.02 Å². The van der Waals surface area contributed by atoms with Gasteiger partial charge < -0.3 is 9.64 Å². The van der Waals surface area contributed by atoms with Crippen LogP contribution in [-0.2, 0) is 0 Å². The molecule has 3 aromatic rings. The van der Waals surface area contributed by atoms with E-state index in [2.05, 4.69) is 43.3 Å². The van der Waals surface area contributed by atoms with Crippen LogP contribution in [0.4, 0.5) is 0 Å². The van der Waals surface area contributed by atoms with Crippen LogP contribution in [0.25, 0.3) is 10.8 Å². The Balaban J connectivity index is 1.73. The molecule has 3 heteroatoms. The van der Waals surface area contributed by atoms with E-state index in [4.69, 9.17) is 16.3 Å². The molecule has 0 radical (unpaired) electrons. The lowest BCUT2D eigenvalue weighted by atomic mass is 10.0. The molecule has 3 rings (SSSR count). The number of rotatable bonds is 6. The Bertz CT molecular complexity index is 810. The summed E-state index contributed by atoms with van der Waals surface area (Å²) >= 11 is 6.37. The maximum atomic E-state index is 6.37. The monoisotopic (exact) mass is 339 g/mol. The number of halogens is 1. The molecule has 0 aliphatic rings. The SMILES string of the molecule is CN(C)C(CCOc1cccc2ccccc12)c1ccccc1Cl. The van der Waals surface area contributed by atoms with Crippen LogP contribution in [0.1, 0.15) is 18.0 Å². The van der Waals surface area contributed by atoms with Gasteiger partial charge in [0.1, 0.15) is 5.75 Å². The van der Waals surface area contributed by atoms with Crippen molar-refractivity contribution in [2.75, 3.05) is 20.7 Å². The van der Waals surface area contributed by atoms with E-state index in [0.29, 0.717) is 6.61 Å². The van der Waals surface area contributed by atoms with Gasteiger partial charge in [-0.15, -0.1) is 0 Å². The van der Waals surface area contributed by atoms with Crippen LogP contribution in [0.3, 0.4) is 0 Å². The maximum absolute atomic E-state index is 6.37. The molecular formula is C21H22ClNO. The Morgan fingerprint density at radius 1 is 0.917 bits per heavy atom. The van der Waals surface area contributed by atoms with Crippen LogP contribution in [-0.4, -0.2) is 25.6 Å². The molecular weight excluding hydrogens is 318 g/mol. The van der Waals surface area contributed by atoms with Crippen molar-refractivity contribution in [3.63, 3.8) is 0 Å². The Hall–Kier alpha value is -2.03. The third-order valence-electron chi connectivity index (χ3n) is 4.29. The molecule has 0 heterocycles. The van der Waals surface area contributed by atoms with Crippen LogP contribution < -0.4 is 4.74 Å². The van der Waals surface area contributed by atoms with Crippen molar-refractivity contribution in [2.24, 2.45) is 0 Å². The molecule has 0 saturated carbocycles. The fourth-order valence-corrected chi connectivity index (χ4v) is 3.30. The average Bonchev–Trinajstić information content (AvgIpc) is 2.59. The smallest absolute Gasteiger partial charge is 0.127 e. The molecule has 0 aliphatic heterocycles. The van der Waals surface area contributed by atoms with Crippen LogP contribution in [0, 0.1) is 0 Å². The fraction of sp³-hybridized carbons (Fsp3) is 0.238. The molecule has 2 nitrogen and oxygen atoms in total. The topological polar surface area (TPSA) is 12.5 Å². The molecule has 124 valence electrons. The predicted molar refractivity (Wildman–Crippen MR) is 102 cm³/mol. The molecule has 0 fully saturated rings. The standard InChI is InChI=1S/C21H22ClNO/c1-23(2)20(18-11-5-6-12-19(18)22)14-15-24-21-13-7-9-16-8-3-4-10-17(16)21/h3-13,20H,14-15H2,1-2H3. The lowest BCUT2D eigenvalue weighted by Crippen LogP contribution is -2.22. The van der Waals surface area contributed by atoms with E-state index in [1.165, 1.54) is 5.39 Å². The lowest BCUT2D eigenvalue weighted by molar-refractivity contribution is 0.225. The molecule has 1 unspecified atom stereocenters. The van der Waals surface area contributed by atoms with Gasteiger partial charge >= 0.3 is 0 Å². The second kappa shape index (κ2) is 7.69. The van der Waals surface area contributed by atoms with Gasteiger partial charge in [-0.2, -0.15) is 0 Å². The first kappa shape index (κ1) is 16.8. The van der Waals surface area contributed by atoms with Gasteiger partial charge in [0.2, 0.25) is 0 Å². The number of hydrogen-bond donors (Lipinski definition) is 0. The van der Waals surface area contributed by atoms with Crippen molar-refractivity contribution in [3.8, 4) is 5.75 Å². The largest absolute Gasteiger partial charge is 0.493 e. The van der Waals surface area contributed by atoms with Crippen molar-refractivity contribution < 1.29 is 4.74 Å². The second-order valence-corrected chi connectivity index (χ2v) is 6.52. The highest BCUT2D eigenvalue weighted by Crippen LogP contribution is 2.30. The average molecular weight is 340 g/mol. The number of benzene rings is 3. The molecule has 0 aliphatic carbocycles.